The molecule has 0 radical (unpaired) electrons. The summed E-state index contributed by atoms with van der Waals surface area (Å²) < 4.78 is 40.2. The van der Waals surface area contributed by atoms with E-state index in [0.29, 0.717) is 12.9 Å². The molecular weight excluding hydrogens is 424 g/mol. The monoisotopic (exact) mass is 451 g/mol. The van der Waals surface area contributed by atoms with Crippen LogP contribution in [0.2, 0.25) is 0 Å². The van der Waals surface area contributed by atoms with Crippen molar-refractivity contribution >= 4 is 12.0 Å². The van der Waals surface area contributed by atoms with Crippen molar-refractivity contribution < 1.29 is 23.0 Å². The lowest BCUT2D eigenvalue weighted by molar-refractivity contribution is -0.107. The number of carbonyl (C=O) groups is 1. The van der Waals surface area contributed by atoms with Gasteiger partial charge in [0, 0.05) is 36.3 Å². The maximum Gasteiger partial charge on any atom is 0.133 e. The van der Waals surface area contributed by atoms with Gasteiger partial charge in [0.2, 0.25) is 0 Å². The number of carbonyl (C=O) groups excluding carboxylic acids is 1. The van der Waals surface area contributed by atoms with Crippen LogP contribution in [0.1, 0.15) is 29.5 Å². The summed E-state index contributed by atoms with van der Waals surface area (Å²) in [5.41, 5.74) is 3.28. The third kappa shape index (κ3) is 5.69. The Labute approximate surface area is 192 Å². The zero-order valence-electron chi connectivity index (χ0n) is 18.4. The maximum absolute atomic E-state index is 14.3. The van der Waals surface area contributed by atoms with Crippen molar-refractivity contribution in [2.75, 3.05) is 24.6 Å². The molecule has 4 nitrogen and oxygen atoms in total. The van der Waals surface area contributed by atoms with Crippen molar-refractivity contribution in [2.45, 2.75) is 32.3 Å². The highest BCUT2D eigenvalue weighted by Gasteiger charge is 2.20. The Morgan fingerprint density at radius 2 is 1.73 bits per heavy atom. The zero-order valence-corrected chi connectivity index (χ0v) is 18.4. The molecule has 1 heterocycles. The second kappa shape index (κ2) is 10.9. The molecular formula is C27H27F2NO3. The second-order valence-corrected chi connectivity index (χ2v) is 8.03. The van der Waals surface area contributed by atoms with Gasteiger partial charge in [0.05, 0.1) is 6.54 Å². The maximum atomic E-state index is 14.3. The van der Waals surface area contributed by atoms with E-state index >= 15 is 0 Å². The van der Waals surface area contributed by atoms with E-state index in [9.17, 15) is 13.6 Å². The Hall–Kier alpha value is -3.41. The summed E-state index contributed by atoms with van der Waals surface area (Å²) in [4.78, 5) is 12.8. The van der Waals surface area contributed by atoms with Crippen LogP contribution in [0.15, 0.2) is 60.7 Å². The molecule has 0 fully saturated rings. The van der Waals surface area contributed by atoms with Crippen molar-refractivity contribution in [2.24, 2.45) is 0 Å². The van der Waals surface area contributed by atoms with Crippen LogP contribution in [0.3, 0.4) is 0 Å². The SMILES string of the molecule is O=CCCc1c(F)cc(OCc2cccc3c2CCCN3CCOc2ccccc2)cc1F. The van der Waals surface area contributed by atoms with Gasteiger partial charge >= 0.3 is 0 Å². The lowest BCUT2D eigenvalue weighted by Gasteiger charge is -2.32. The molecule has 4 rings (SSSR count). The van der Waals surface area contributed by atoms with E-state index in [2.05, 4.69) is 11.0 Å². The predicted octanol–water partition coefficient (Wildman–Crippen LogP) is 5.51. The van der Waals surface area contributed by atoms with Gasteiger partial charge in [-0.1, -0.05) is 30.3 Å². The number of ether oxygens (including phenoxy) is 2. The fourth-order valence-electron chi connectivity index (χ4n) is 4.20. The smallest absolute Gasteiger partial charge is 0.133 e. The van der Waals surface area contributed by atoms with E-state index < -0.39 is 11.6 Å². The van der Waals surface area contributed by atoms with Crippen molar-refractivity contribution in [3.8, 4) is 11.5 Å². The number of halogens is 2. The van der Waals surface area contributed by atoms with Gasteiger partial charge in [0.25, 0.3) is 0 Å². The Bertz CT molecular complexity index is 1060. The van der Waals surface area contributed by atoms with E-state index in [-0.39, 0.29) is 30.8 Å². The first-order valence-electron chi connectivity index (χ1n) is 11.2. The summed E-state index contributed by atoms with van der Waals surface area (Å²) in [6.45, 7) is 2.53. The van der Waals surface area contributed by atoms with Gasteiger partial charge in [-0.15, -0.1) is 0 Å². The summed E-state index contributed by atoms with van der Waals surface area (Å²) in [7, 11) is 0. The molecule has 1 aliphatic heterocycles. The summed E-state index contributed by atoms with van der Waals surface area (Å²) in [5, 5.41) is 0. The first-order valence-corrected chi connectivity index (χ1v) is 11.2. The van der Waals surface area contributed by atoms with Crippen molar-refractivity contribution in [1.29, 1.82) is 0 Å². The summed E-state index contributed by atoms with van der Waals surface area (Å²) >= 11 is 0. The van der Waals surface area contributed by atoms with Gasteiger partial charge in [-0.05, 0) is 48.6 Å². The molecule has 1 aliphatic rings. The molecule has 0 aliphatic carbocycles. The second-order valence-electron chi connectivity index (χ2n) is 8.03. The number of anilines is 1. The van der Waals surface area contributed by atoms with Crippen LogP contribution in [-0.2, 0) is 24.2 Å². The molecule has 0 unspecified atom stereocenters. The van der Waals surface area contributed by atoms with Crippen LogP contribution in [0, 0.1) is 11.6 Å². The average molecular weight is 452 g/mol. The normalized spacial score (nSPS) is 12.8. The first kappa shape index (κ1) is 22.8. The number of para-hydroxylation sites is 1. The third-order valence-electron chi connectivity index (χ3n) is 5.84. The number of nitrogens with zero attached hydrogens (tertiary/aromatic N) is 1. The van der Waals surface area contributed by atoms with E-state index in [0.717, 1.165) is 42.9 Å². The van der Waals surface area contributed by atoms with E-state index in [1.807, 2.05) is 42.5 Å². The lowest BCUT2D eigenvalue weighted by Crippen LogP contribution is -2.33. The fourth-order valence-corrected chi connectivity index (χ4v) is 4.20. The standard InChI is InChI=1S/C27H27F2NO3/c28-25-17-22(18-26(29)24(25)11-6-15-31)33-19-20-7-4-12-27-23(20)10-5-13-30(27)14-16-32-21-8-2-1-3-9-21/h1-4,7-9,12,15,17-18H,5-6,10-11,13-14,16,19H2. The minimum atomic E-state index is -0.688. The average Bonchev–Trinajstić information content (AvgIpc) is 2.83. The third-order valence-corrected chi connectivity index (χ3v) is 5.84. The predicted molar refractivity (Wildman–Crippen MR) is 124 cm³/mol. The molecule has 0 spiro atoms. The molecule has 0 saturated heterocycles. The summed E-state index contributed by atoms with van der Waals surface area (Å²) in [6, 6.07) is 18.2. The highest BCUT2D eigenvalue weighted by atomic mass is 19.1. The number of fused-ring (bicyclic) bond motifs is 1. The van der Waals surface area contributed by atoms with Crippen LogP contribution in [0.5, 0.6) is 11.5 Å². The number of rotatable bonds is 10. The Morgan fingerprint density at radius 3 is 2.48 bits per heavy atom. The number of aldehydes is 1. The van der Waals surface area contributed by atoms with Gasteiger partial charge in [-0.25, -0.2) is 8.78 Å². The first-order chi connectivity index (χ1) is 16.2. The molecule has 6 heteroatoms. The topological polar surface area (TPSA) is 38.8 Å². The minimum absolute atomic E-state index is 0.0391. The fraction of sp³-hybridized carbons (Fsp3) is 0.296. The van der Waals surface area contributed by atoms with Crippen LogP contribution >= 0.6 is 0 Å². The molecule has 0 saturated carbocycles. The van der Waals surface area contributed by atoms with Crippen LogP contribution in [0.25, 0.3) is 0 Å². The van der Waals surface area contributed by atoms with E-state index in [4.69, 9.17) is 9.47 Å². The van der Waals surface area contributed by atoms with E-state index in [1.54, 1.807) is 0 Å². The van der Waals surface area contributed by atoms with Gasteiger partial charge in [-0.2, -0.15) is 0 Å². The zero-order chi connectivity index (χ0) is 23.0. The molecule has 33 heavy (non-hydrogen) atoms. The number of benzene rings is 3. The lowest BCUT2D eigenvalue weighted by atomic mass is 9.96. The van der Waals surface area contributed by atoms with E-state index in [1.165, 1.54) is 17.7 Å². The van der Waals surface area contributed by atoms with Gasteiger partial charge in [-0.3, -0.25) is 0 Å². The molecule has 0 amide bonds. The Kier molecular flexibility index (Phi) is 7.55. The van der Waals surface area contributed by atoms with Gasteiger partial charge < -0.3 is 19.2 Å². The van der Waals surface area contributed by atoms with Crippen LogP contribution < -0.4 is 14.4 Å². The molecule has 0 N–H and O–H groups in total. The number of hydrogen-bond donors (Lipinski definition) is 0. The largest absolute Gasteiger partial charge is 0.492 e. The van der Waals surface area contributed by atoms with Crippen molar-refractivity contribution in [3.05, 3.63) is 89.0 Å². The highest BCUT2D eigenvalue weighted by Crippen LogP contribution is 2.31. The van der Waals surface area contributed by atoms with Gasteiger partial charge in [0.1, 0.15) is 42.6 Å². The Morgan fingerprint density at radius 1 is 0.939 bits per heavy atom. The van der Waals surface area contributed by atoms with Crippen LogP contribution in [-0.4, -0.2) is 26.0 Å². The van der Waals surface area contributed by atoms with Crippen molar-refractivity contribution in [1.82, 2.24) is 0 Å². The molecule has 0 atom stereocenters. The summed E-state index contributed by atoms with van der Waals surface area (Å²) in [6.07, 6.45) is 2.72. The molecule has 0 bridgehead atoms. The minimum Gasteiger partial charge on any atom is -0.492 e. The van der Waals surface area contributed by atoms with Crippen LogP contribution in [0.4, 0.5) is 14.5 Å². The molecule has 0 aromatic heterocycles. The quantitative estimate of drug-likeness (QED) is 0.381. The number of hydrogen-bond acceptors (Lipinski definition) is 4. The molecule has 3 aromatic rings. The summed E-state index contributed by atoms with van der Waals surface area (Å²) in [5.74, 6) is -0.382. The van der Waals surface area contributed by atoms with Crippen molar-refractivity contribution in [3.63, 3.8) is 0 Å². The molecule has 172 valence electrons. The van der Waals surface area contributed by atoms with Gasteiger partial charge in [0.15, 0.2) is 0 Å². The Balaban J connectivity index is 1.42. The molecule has 3 aromatic carbocycles. The highest BCUT2D eigenvalue weighted by molar-refractivity contribution is 5.58.